The third-order valence-electron chi connectivity index (χ3n) is 5.15. The van der Waals surface area contributed by atoms with Crippen LogP contribution in [0.1, 0.15) is 61.5 Å². The number of carbonyl (C=O) groups excluding carboxylic acids is 3. The molecule has 3 amide bonds. The lowest BCUT2D eigenvalue weighted by atomic mass is 10.2. The van der Waals surface area contributed by atoms with E-state index >= 15 is 0 Å². The van der Waals surface area contributed by atoms with Crippen molar-refractivity contribution in [3.05, 3.63) is 45.9 Å². The zero-order valence-electron chi connectivity index (χ0n) is 18.2. The van der Waals surface area contributed by atoms with Crippen molar-refractivity contribution < 1.29 is 14.4 Å². The number of nitrogens with zero attached hydrogens (tertiary/aromatic N) is 2. The molecule has 0 aliphatic heterocycles. The predicted molar refractivity (Wildman–Crippen MR) is 127 cm³/mol. The molecule has 1 aromatic heterocycles. The molecule has 0 atom stereocenters. The van der Waals surface area contributed by atoms with Crippen LogP contribution >= 0.6 is 22.9 Å². The molecule has 32 heavy (non-hydrogen) atoms. The standard InChI is InChI=1S/C23H29ClN4O3S/c1-2-3-4-5-12-25-20(29)13-18-15-32-23(26-18)27-21(30)14-28(19-10-11-19)22(31)16-6-8-17(24)9-7-16/h6-9,15,19H,2-5,10-14H2,1H3,(H,25,29)(H,26,27,30). The summed E-state index contributed by atoms with van der Waals surface area (Å²) in [6.45, 7) is 2.78. The number of aromatic nitrogens is 1. The molecule has 9 heteroatoms. The van der Waals surface area contributed by atoms with E-state index in [1.807, 2.05) is 0 Å². The number of anilines is 1. The first-order valence-electron chi connectivity index (χ1n) is 11.0. The summed E-state index contributed by atoms with van der Waals surface area (Å²) in [6.07, 6.45) is 6.39. The van der Waals surface area contributed by atoms with Gasteiger partial charge in [-0.25, -0.2) is 4.98 Å². The van der Waals surface area contributed by atoms with Crippen LogP contribution in [-0.4, -0.2) is 46.7 Å². The van der Waals surface area contributed by atoms with E-state index in [1.54, 1.807) is 34.5 Å². The van der Waals surface area contributed by atoms with Gasteiger partial charge in [0.05, 0.1) is 12.1 Å². The van der Waals surface area contributed by atoms with E-state index < -0.39 is 0 Å². The largest absolute Gasteiger partial charge is 0.356 e. The Morgan fingerprint density at radius 3 is 2.56 bits per heavy atom. The van der Waals surface area contributed by atoms with E-state index in [2.05, 4.69) is 22.5 Å². The molecule has 1 saturated carbocycles. The van der Waals surface area contributed by atoms with Crippen molar-refractivity contribution in [2.45, 2.75) is 57.9 Å². The number of hydrogen-bond acceptors (Lipinski definition) is 5. The van der Waals surface area contributed by atoms with Gasteiger partial charge in [-0.1, -0.05) is 37.8 Å². The zero-order chi connectivity index (χ0) is 22.9. The average Bonchev–Trinajstić information content (AvgIpc) is 3.52. The molecule has 172 valence electrons. The van der Waals surface area contributed by atoms with Crippen molar-refractivity contribution in [2.75, 3.05) is 18.4 Å². The third-order valence-corrected chi connectivity index (χ3v) is 6.20. The Bertz CT molecular complexity index is 928. The van der Waals surface area contributed by atoms with Crippen molar-refractivity contribution >= 4 is 45.8 Å². The van der Waals surface area contributed by atoms with Gasteiger partial charge in [0, 0.05) is 28.6 Å². The normalized spacial score (nSPS) is 12.9. The van der Waals surface area contributed by atoms with E-state index in [0.29, 0.717) is 28.0 Å². The van der Waals surface area contributed by atoms with Crippen molar-refractivity contribution in [2.24, 2.45) is 0 Å². The molecule has 1 aliphatic rings. The second-order valence-corrected chi connectivity index (χ2v) is 9.25. The SMILES string of the molecule is CCCCCCNC(=O)Cc1csc(NC(=O)CN(C(=O)c2ccc(Cl)cc2)C2CC2)n1. The third kappa shape index (κ3) is 7.60. The highest BCUT2D eigenvalue weighted by Crippen LogP contribution is 2.28. The number of nitrogens with one attached hydrogen (secondary N) is 2. The van der Waals surface area contributed by atoms with Gasteiger partial charge in [0.25, 0.3) is 5.91 Å². The minimum Gasteiger partial charge on any atom is -0.356 e. The van der Waals surface area contributed by atoms with Crippen molar-refractivity contribution in [1.82, 2.24) is 15.2 Å². The minimum atomic E-state index is -0.305. The molecule has 0 radical (unpaired) electrons. The fraction of sp³-hybridized carbons (Fsp3) is 0.478. The molecule has 0 unspecified atom stereocenters. The lowest BCUT2D eigenvalue weighted by Crippen LogP contribution is -2.39. The maximum Gasteiger partial charge on any atom is 0.254 e. The Labute approximate surface area is 197 Å². The minimum absolute atomic E-state index is 0.0424. The van der Waals surface area contributed by atoms with Gasteiger partial charge in [-0.15, -0.1) is 11.3 Å². The van der Waals surface area contributed by atoms with Crippen molar-refractivity contribution in [3.63, 3.8) is 0 Å². The van der Waals surface area contributed by atoms with E-state index in [9.17, 15) is 14.4 Å². The summed E-state index contributed by atoms with van der Waals surface area (Å²) in [5, 5.41) is 8.41. The van der Waals surface area contributed by atoms with Crippen molar-refractivity contribution in [3.8, 4) is 0 Å². The Morgan fingerprint density at radius 1 is 1.12 bits per heavy atom. The van der Waals surface area contributed by atoms with Gasteiger partial charge in [0.1, 0.15) is 6.54 Å². The highest BCUT2D eigenvalue weighted by atomic mass is 35.5. The molecule has 1 heterocycles. The molecular weight excluding hydrogens is 448 g/mol. The number of halogens is 1. The second kappa shape index (κ2) is 12.0. The quantitative estimate of drug-likeness (QED) is 0.447. The smallest absolute Gasteiger partial charge is 0.254 e. The monoisotopic (exact) mass is 476 g/mol. The fourth-order valence-corrected chi connectivity index (χ4v) is 4.13. The Morgan fingerprint density at radius 2 is 1.88 bits per heavy atom. The number of hydrogen-bond donors (Lipinski definition) is 2. The molecule has 3 rings (SSSR count). The molecule has 0 saturated heterocycles. The van der Waals surface area contributed by atoms with Crippen LogP contribution in [0.25, 0.3) is 0 Å². The lowest BCUT2D eigenvalue weighted by Gasteiger charge is -2.21. The second-order valence-electron chi connectivity index (χ2n) is 7.95. The van der Waals surface area contributed by atoms with Gasteiger partial charge < -0.3 is 15.5 Å². The molecule has 7 nitrogen and oxygen atoms in total. The molecule has 2 N–H and O–H groups in total. The molecule has 0 bridgehead atoms. The Hall–Kier alpha value is -2.45. The summed E-state index contributed by atoms with van der Waals surface area (Å²) in [6, 6.07) is 6.74. The first-order valence-corrected chi connectivity index (χ1v) is 12.3. The number of rotatable bonds is 12. The van der Waals surface area contributed by atoms with E-state index in [1.165, 1.54) is 17.8 Å². The molecule has 2 aromatic rings. The van der Waals surface area contributed by atoms with Gasteiger partial charge in [-0.3, -0.25) is 14.4 Å². The van der Waals surface area contributed by atoms with E-state index in [4.69, 9.17) is 11.6 Å². The molecule has 1 aliphatic carbocycles. The van der Waals surface area contributed by atoms with Gasteiger partial charge in [0.15, 0.2) is 5.13 Å². The van der Waals surface area contributed by atoms with Crippen LogP contribution in [0.3, 0.4) is 0 Å². The summed E-state index contributed by atoms with van der Waals surface area (Å²) in [4.78, 5) is 43.4. The van der Waals surface area contributed by atoms with Gasteiger partial charge in [-0.2, -0.15) is 0 Å². The van der Waals surface area contributed by atoms with Crippen molar-refractivity contribution in [1.29, 1.82) is 0 Å². The highest BCUT2D eigenvalue weighted by Gasteiger charge is 2.34. The highest BCUT2D eigenvalue weighted by molar-refractivity contribution is 7.13. The van der Waals surface area contributed by atoms with Gasteiger partial charge in [0.2, 0.25) is 11.8 Å². The van der Waals surface area contributed by atoms with Crippen LogP contribution in [0, 0.1) is 0 Å². The van der Waals surface area contributed by atoms with E-state index in [-0.39, 0.29) is 36.7 Å². The predicted octanol–water partition coefficient (Wildman–Crippen LogP) is 4.28. The maximum atomic E-state index is 12.8. The lowest BCUT2D eigenvalue weighted by molar-refractivity contribution is -0.120. The summed E-state index contributed by atoms with van der Waals surface area (Å²) < 4.78 is 0. The van der Waals surface area contributed by atoms with Crippen LogP contribution in [0.15, 0.2) is 29.6 Å². The van der Waals surface area contributed by atoms with Crippen LogP contribution in [0.5, 0.6) is 0 Å². The summed E-state index contributed by atoms with van der Waals surface area (Å²) in [5.74, 6) is -0.562. The number of amides is 3. The topological polar surface area (TPSA) is 91.4 Å². The number of thiazole rings is 1. The summed E-state index contributed by atoms with van der Waals surface area (Å²) in [5.41, 5.74) is 1.12. The van der Waals surface area contributed by atoms with Crippen LogP contribution in [0.2, 0.25) is 5.02 Å². The molecule has 0 spiro atoms. The Kier molecular flexibility index (Phi) is 9.05. The van der Waals surface area contributed by atoms with Crippen LogP contribution in [0.4, 0.5) is 5.13 Å². The number of benzene rings is 1. The van der Waals surface area contributed by atoms with Gasteiger partial charge >= 0.3 is 0 Å². The molecule has 1 aromatic carbocycles. The number of carbonyl (C=O) groups is 3. The van der Waals surface area contributed by atoms with Crippen LogP contribution < -0.4 is 10.6 Å². The summed E-state index contributed by atoms with van der Waals surface area (Å²) in [7, 11) is 0. The Balaban J connectivity index is 1.48. The molecular formula is C23H29ClN4O3S. The molecule has 1 fully saturated rings. The summed E-state index contributed by atoms with van der Waals surface area (Å²) >= 11 is 7.17. The van der Waals surface area contributed by atoms with Crippen LogP contribution in [-0.2, 0) is 16.0 Å². The first-order chi connectivity index (χ1) is 15.5. The maximum absolute atomic E-state index is 12.8. The average molecular weight is 477 g/mol. The van der Waals surface area contributed by atoms with Gasteiger partial charge in [-0.05, 0) is 43.5 Å². The number of unbranched alkanes of at least 4 members (excludes halogenated alkanes) is 3. The van der Waals surface area contributed by atoms with E-state index in [0.717, 1.165) is 32.1 Å². The zero-order valence-corrected chi connectivity index (χ0v) is 19.8. The fourth-order valence-electron chi connectivity index (χ4n) is 3.28. The first kappa shape index (κ1) is 24.2.